The molecule has 0 atom stereocenters. The maximum atomic E-state index is 10.7. The lowest BCUT2D eigenvalue weighted by Crippen LogP contribution is -2.05. The highest BCUT2D eigenvalue weighted by atomic mass is 15.0. The largest absolute Gasteiger partial charge is 0.308 e. The summed E-state index contributed by atoms with van der Waals surface area (Å²) in [6.45, 7) is 4.18. The van der Waals surface area contributed by atoms with Crippen LogP contribution in [0.3, 0.4) is 0 Å². The van der Waals surface area contributed by atoms with Gasteiger partial charge in [0.05, 0.1) is 45.1 Å². The highest BCUT2D eigenvalue weighted by molar-refractivity contribution is 6.11. The fraction of sp³-hybridized carbons (Fsp3) is 0.0588. The minimum absolute atomic E-state index is 0.505. The average Bonchev–Trinajstić information content (AvgIpc) is 3.44. The summed E-state index contributed by atoms with van der Waals surface area (Å²) in [5, 5.41) is 25.3. The van der Waals surface area contributed by atoms with E-state index in [-0.39, 0.29) is 0 Å². The molecule has 0 bridgehead atoms. The van der Waals surface area contributed by atoms with E-state index in [1.165, 1.54) is 11.1 Å². The Morgan fingerprint density at radius 3 is 1.39 bits per heavy atom. The summed E-state index contributed by atoms with van der Waals surface area (Å²) < 4.78 is 4.26. The molecule has 4 nitrogen and oxygen atoms in total. The number of nitriles is 2. The molecule has 0 saturated heterocycles. The van der Waals surface area contributed by atoms with Crippen LogP contribution in [0.25, 0.3) is 55.0 Å². The highest BCUT2D eigenvalue weighted by Gasteiger charge is 2.21. The maximum absolute atomic E-state index is 10.7. The van der Waals surface area contributed by atoms with Crippen molar-refractivity contribution in [1.82, 2.24) is 9.13 Å². The monoisotopic (exact) mass is 486 g/mol. The minimum Gasteiger partial charge on any atom is -0.308 e. The van der Waals surface area contributed by atoms with Gasteiger partial charge < -0.3 is 9.13 Å². The van der Waals surface area contributed by atoms with Gasteiger partial charge in [0.25, 0.3) is 0 Å². The molecule has 0 fully saturated rings. The number of fused-ring (bicyclic) bond motifs is 6. The Labute approximate surface area is 219 Å². The molecule has 178 valence electrons. The third kappa shape index (κ3) is 3.01. The zero-order valence-corrected chi connectivity index (χ0v) is 21.0. The Hall–Kier alpha value is -5.32. The molecule has 2 heterocycles. The fourth-order valence-corrected chi connectivity index (χ4v) is 5.84. The molecule has 4 heteroatoms. The third-order valence-electron chi connectivity index (χ3n) is 7.48. The van der Waals surface area contributed by atoms with Crippen molar-refractivity contribution in [1.29, 1.82) is 10.5 Å². The molecule has 0 amide bonds. The molecule has 2 aromatic heterocycles. The zero-order valence-electron chi connectivity index (χ0n) is 21.0. The van der Waals surface area contributed by atoms with E-state index in [2.05, 4.69) is 95.8 Å². The van der Waals surface area contributed by atoms with E-state index in [0.717, 1.165) is 43.6 Å². The predicted molar refractivity (Wildman–Crippen MR) is 154 cm³/mol. The first-order chi connectivity index (χ1) is 18.6. The number of benzene rings is 5. The quantitative estimate of drug-likeness (QED) is 0.247. The van der Waals surface area contributed by atoms with Gasteiger partial charge in [-0.15, -0.1) is 0 Å². The Kier molecular flexibility index (Phi) is 4.67. The smallest absolute Gasteiger partial charge is 0.104 e. The molecule has 7 aromatic rings. The van der Waals surface area contributed by atoms with Crippen LogP contribution in [-0.4, -0.2) is 9.13 Å². The maximum Gasteiger partial charge on any atom is 0.104 e. The van der Waals surface area contributed by atoms with Gasteiger partial charge in [0.15, 0.2) is 0 Å². The number of rotatable bonds is 2. The minimum atomic E-state index is 0.505. The van der Waals surface area contributed by atoms with Gasteiger partial charge in [-0.25, -0.2) is 0 Å². The van der Waals surface area contributed by atoms with Crippen molar-refractivity contribution >= 4 is 43.6 Å². The molecule has 0 N–H and O–H groups in total. The molecular formula is C34H22N4. The highest BCUT2D eigenvalue weighted by Crippen LogP contribution is 2.38. The number of aromatic nitrogens is 2. The summed E-state index contributed by atoms with van der Waals surface area (Å²) in [5.41, 5.74) is 8.80. The van der Waals surface area contributed by atoms with Crippen LogP contribution in [-0.2, 0) is 0 Å². The van der Waals surface area contributed by atoms with Crippen molar-refractivity contribution < 1.29 is 0 Å². The summed E-state index contributed by atoms with van der Waals surface area (Å²) in [4.78, 5) is 0. The van der Waals surface area contributed by atoms with E-state index in [4.69, 9.17) is 0 Å². The molecule has 0 aliphatic heterocycles. The first-order valence-electron chi connectivity index (χ1n) is 12.6. The Morgan fingerprint density at radius 1 is 0.500 bits per heavy atom. The molecule has 0 unspecified atom stereocenters. The second-order valence-electron chi connectivity index (χ2n) is 9.86. The van der Waals surface area contributed by atoms with Crippen LogP contribution in [0.15, 0.2) is 97.1 Å². The molecule has 7 rings (SSSR count). The molecule has 0 spiro atoms. The fourth-order valence-electron chi connectivity index (χ4n) is 5.84. The van der Waals surface area contributed by atoms with Gasteiger partial charge in [-0.1, -0.05) is 59.7 Å². The molecule has 0 saturated carbocycles. The average molecular weight is 487 g/mol. The van der Waals surface area contributed by atoms with Gasteiger partial charge in [-0.2, -0.15) is 10.5 Å². The van der Waals surface area contributed by atoms with E-state index in [9.17, 15) is 10.5 Å². The standard InChI is InChI=1S/C34H22N4/c1-21-11-13-31-26(15-21)24-7-3-5-9-29(24)37(31)33-17-23(19-35)18-34(28(33)20-36)38-30-10-6-4-8-25(30)27-16-22(2)12-14-32(27)38/h3-18H,1-2H3. The van der Waals surface area contributed by atoms with Gasteiger partial charge in [0, 0.05) is 21.5 Å². The van der Waals surface area contributed by atoms with Crippen molar-refractivity contribution in [2.75, 3.05) is 0 Å². The van der Waals surface area contributed by atoms with E-state index in [1.54, 1.807) is 0 Å². The number of para-hydroxylation sites is 2. The van der Waals surface area contributed by atoms with Crippen LogP contribution in [0.2, 0.25) is 0 Å². The van der Waals surface area contributed by atoms with Crippen molar-refractivity contribution in [3.05, 3.63) is 119 Å². The summed E-state index contributed by atoms with van der Waals surface area (Å²) in [7, 11) is 0. The van der Waals surface area contributed by atoms with Crippen molar-refractivity contribution in [3.63, 3.8) is 0 Å². The summed E-state index contributed by atoms with van der Waals surface area (Å²) in [6, 6.07) is 37.8. The Morgan fingerprint density at radius 2 is 0.947 bits per heavy atom. The topological polar surface area (TPSA) is 57.4 Å². The van der Waals surface area contributed by atoms with Crippen LogP contribution in [0.1, 0.15) is 22.3 Å². The van der Waals surface area contributed by atoms with E-state index in [1.807, 2.05) is 36.4 Å². The summed E-state index contributed by atoms with van der Waals surface area (Å²) >= 11 is 0. The van der Waals surface area contributed by atoms with Gasteiger partial charge in [0.2, 0.25) is 0 Å². The second-order valence-corrected chi connectivity index (χ2v) is 9.86. The van der Waals surface area contributed by atoms with E-state index < -0.39 is 0 Å². The molecule has 0 radical (unpaired) electrons. The Balaban J connectivity index is 1.67. The molecule has 5 aromatic carbocycles. The van der Waals surface area contributed by atoms with Crippen molar-refractivity contribution in [3.8, 4) is 23.5 Å². The van der Waals surface area contributed by atoms with Crippen LogP contribution < -0.4 is 0 Å². The SMILES string of the molecule is Cc1ccc2c(c1)c1ccccc1n2-c1cc(C#N)cc(-n2c3ccccc3c3cc(C)ccc32)c1C#N. The number of hydrogen-bond donors (Lipinski definition) is 0. The molecule has 0 aliphatic carbocycles. The van der Waals surface area contributed by atoms with E-state index in [0.29, 0.717) is 22.5 Å². The molecule has 0 aliphatic rings. The normalized spacial score (nSPS) is 11.4. The summed E-state index contributed by atoms with van der Waals surface area (Å²) in [6.07, 6.45) is 0. The van der Waals surface area contributed by atoms with Gasteiger partial charge in [-0.05, 0) is 62.4 Å². The lowest BCUT2D eigenvalue weighted by atomic mass is 10.1. The first kappa shape index (κ1) is 21.9. The number of aryl methyl sites for hydroxylation is 2. The van der Waals surface area contributed by atoms with Gasteiger partial charge in [-0.3, -0.25) is 0 Å². The second kappa shape index (κ2) is 8.10. The van der Waals surface area contributed by atoms with E-state index >= 15 is 0 Å². The van der Waals surface area contributed by atoms with Crippen molar-refractivity contribution in [2.45, 2.75) is 13.8 Å². The van der Waals surface area contributed by atoms with Crippen LogP contribution in [0.5, 0.6) is 0 Å². The van der Waals surface area contributed by atoms with Crippen molar-refractivity contribution in [2.24, 2.45) is 0 Å². The van der Waals surface area contributed by atoms with Crippen LogP contribution >= 0.6 is 0 Å². The lowest BCUT2D eigenvalue weighted by molar-refractivity contribution is 1.11. The van der Waals surface area contributed by atoms with Crippen LogP contribution in [0, 0.1) is 36.5 Å². The number of hydrogen-bond acceptors (Lipinski definition) is 2. The predicted octanol–water partition coefficient (Wildman–Crippen LogP) is 8.24. The lowest BCUT2D eigenvalue weighted by Gasteiger charge is -2.16. The zero-order chi connectivity index (χ0) is 26.0. The molecule has 38 heavy (non-hydrogen) atoms. The van der Waals surface area contributed by atoms with Crippen LogP contribution in [0.4, 0.5) is 0 Å². The first-order valence-corrected chi connectivity index (χ1v) is 12.6. The summed E-state index contributed by atoms with van der Waals surface area (Å²) in [5.74, 6) is 0. The third-order valence-corrected chi connectivity index (χ3v) is 7.48. The number of nitrogens with zero attached hydrogens (tertiary/aromatic N) is 4. The Bertz CT molecular complexity index is 2040. The molecular weight excluding hydrogens is 464 g/mol. The van der Waals surface area contributed by atoms with Gasteiger partial charge in [0.1, 0.15) is 11.6 Å². The van der Waals surface area contributed by atoms with Gasteiger partial charge >= 0.3 is 0 Å².